The molecule has 0 aliphatic carbocycles. The van der Waals surface area contributed by atoms with E-state index in [9.17, 15) is 8.78 Å². The fraction of sp³-hybridized carbons (Fsp3) is 0.333. The van der Waals surface area contributed by atoms with Crippen molar-refractivity contribution < 1.29 is 8.78 Å². The summed E-state index contributed by atoms with van der Waals surface area (Å²) < 4.78 is 24.8. The third-order valence-electron chi connectivity index (χ3n) is 1.51. The summed E-state index contributed by atoms with van der Waals surface area (Å²) in [7, 11) is 0. The van der Waals surface area contributed by atoms with E-state index in [1.165, 1.54) is 0 Å². The lowest BCUT2D eigenvalue weighted by molar-refractivity contribution is 0.0368. The van der Waals surface area contributed by atoms with Crippen LogP contribution in [0, 0.1) is 0 Å². The Morgan fingerprint density at radius 1 is 1.31 bits per heavy atom. The van der Waals surface area contributed by atoms with E-state index in [2.05, 4.69) is 5.32 Å². The molecule has 0 atom stereocenters. The molecule has 72 valence electrons. The van der Waals surface area contributed by atoms with Gasteiger partial charge in [0.1, 0.15) is 0 Å². The minimum Gasteiger partial charge on any atom is -0.399 e. The molecule has 0 bridgehead atoms. The Morgan fingerprint density at radius 3 is 2.31 bits per heavy atom. The van der Waals surface area contributed by atoms with Gasteiger partial charge in [-0.2, -0.15) is 0 Å². The van der Waals surface area contributed by atoms with Gasteiger partial charge < -0.3 is 11.1 Å². The maximum Gasteiger partial charge on any atom is 0.262 e. The number of alkyl halides is 2. The van der Waals surface area contributed by atoms with E-state index in [-0.39, 0.29) is 6.54 Å². The number of halogens is 2. The number of benzene rings is 1. The summed E-state index contributed by atoms with van der Waals surface area (Å²) in [6.07, 6.45) is 0. The standard InChI is InChI=1S/C9H12F2N2/c1-9(10,11)6-13-8-4-2-7(12)3-5-8/h2-5,13H,6,12H2,1H3. The van der Waals surface area contributed by atoms with Crippen molar-refractivity contribution in [3.8, 4) is 0 Å². The second kappa shape index (κ2) is 3.60. The van der Waals surface area contributed by atoms with Gasteiger partial charge in [-0.25, -0.2) is 8.78 Å². The molecule has 0 radical (unpaired) electrons. The monoisotopic (exact) mass is 186 g/mol. The minimum absolute atomic E-state index is 0.364. The number of hydrogen-bond donors (Lipinski definition) is 2. The first-order chi connectivity index (χ1) is 5.97. The van der Waals surface area contributed by atoms with Gasteiger partial charge in [-0.3, -0.25) is 0 Å². The van der Waals surface area contributed by atoms with Gasteiger partial charge in [-0.1, -0.05) is 0 Å². The minimum atomic E-state index is -2.69. The van der Waals surface area contributed by atoms with Crippen LogP contribution in [0.25, 0.3) is 0 Å². The molecule has 3 N–H and O–H groups in total. The van der Waals surface area contributed by atoms with Gasteiger partial charge in [-0.05, 0) is 24.3 Å². The molecular weight excluding hydrogens is 174 g/mol. The lowest BCUT2D eigenvalue weighted by Crippen LogP contribution is -2.22. The summed E-state index contributed by atoms with van der Waals surface area (Å²) in [6, 6.07) is 6.66. The molecule has 13 heavy (non-hydrogen) atoms. The Balaban J connectivity index is 2.51. The molecule has 0 amide bonds. The number of hydrogen-bond acceptors (Lipinski definition) is 2. The van der Waals surface area contributed by atoms with Crippen LogP contribution in [0.2, 0.25) is 0 Å². The van der Waals surface area contributed by atoms with Crippen molar-refractivity contribution in [2.45, 2.75) is 12.8 Å². The van der Waals surface area contributed by atoms with Crippen molar-refractivity contribution in [1.29, 1.82) is 0 Å². The highest BCUT2D eigenvalue weighted by atomic mass is 19.3. The lowest BCUT2D eigenvalue weighted by Gasteiger charge is -2.12. The first-order valence-electron chi connectivity index (χ1n) is 3.95. The first kappa shape index (κ1) is 9.77. The van der Waals surface area contributed by atoms with E-state index in [1.807, 2.05) is 0 Å². The molecule has 1 aromatic carbocycles. The van der Waals surface area contributed by atoms with Crippen LogP contribution in [0.3, 0.4) is 0 Å². The Hall–Kier alpha value is -1.32. The highest BCUT2D eigenvalue weighted by Crippen LogP contribution is 2.15. The van der Waals surface area contributed by atoms with Gasteiger partial charge in [-0.15, -0.1) is 0 Å². The van der Waals surface area contributed by atoms with Crippen molar-refractivity contribution in [2.24, 2.45) is 0 Å². The van der Waals surface area contributed by atoms with Crippen molar-refractivity contribution in [2.75, 3.05) is 17.6 Å². The molecule has 0 unspecified atom stereocenters. The molecule has 0 spiro atoms. The summed E-state index contributed by atoms with van der Waals surface area (Å²) in [6.45, 7) is 0.508. The molecule has 0 saturated heterocycles. The van der Waals surface area contributed by atoms with Crippen LogP contribution in [-0.2, 0) is 0 Å². The van der Waals surface area contributed by atoms with Gasteiger partial charge in [0.2, 0.25) is 0 Å². The average molecular weight is 186 g/mol. The molecule has 1 aromatic rings. The van der Waals surface area contributed by atoms with Crippen molar-refractivity contribution in [3.05, 3.63) is 24.3 Å². The summed E-state index contributed by atoms with van der Waals surface area (Å²) in [5.74, 6) is -2.69. The largest absolute Gasteiger partial charge is 0.399 e. The number of nitrogen functional groups attached to an aromatic ring is 1. The fourth-order valence-electron chi connectivity index (χ4n) is 0.858. The van der Waals surface area contributed by atoms with E-state index in [0.29, 0.717) is 11.4 Å². The molecule has 0 aliphatic rings. The zero-order chi connectivity index (χ0) is 9.90. The molecule has 0 fully saturated rings. The third-order valence-corrected chi connectivity index (χ3v) is 1.51. The van der Waals surface area contributed by atoms with Gasteiger partial charge in [0.15, 0.2) is 0 Å². The maximum absolute atomic E-state index is 12.4. The number of nitrogens with two attached hydrogens (primary N) is 1. The predicted octanol–water partition coefficient (Wildman–Crippen LogP) is 2.34. The Labute approximate surface area is 75.7 Å². The quantitative estimate of drug-likeness (QED) is 0.711. The Bertz CT molecular complexity index is 264. The molecule has 2 nitrogen and oxygen atoms in total. The van der Waals surface area contributed by atoms with Crippen LogP contribution in [0.4, 0.5) is 20.2 Å². The molecule has 0 aliphatic heterocycles. The van der Waals surface area contributed by atoms with Crippen LogP contribution >= 0.6 is 0 Å². The molecule has 0 heterocycles. The number of rotatable bonds is 3. The van der Waals surface area contributed by atoms with Crippen molar-refractivity contribution in [3.63, 3.8) is 0 Å². The topological polar surface area (TPSA) is 38.0 Å². The summed E-state index contributed by atoms with van der Waals surface area (Å²) in [4.78, 5) is 0. The second-order valence-electron chi connectivity index (χ2n) is 3.05. The van der Waals surface area contributed by atoms with Gasteiger partial charge >= 0.3 is 0 Å². The Kier molecular flexibility index (Phi) is 2.70. The van der Waals surface area contributed by atoms with Crippen LogP contribution in [-0.4, -0.2) is 12.5 Å². The van der Waals surface area contributed by atoms with Gasteiger partial charge in [0, 0.05) is 18.3 Å². The highest BCUT2D eigenvalue weighted by molar-refractivity contribution is 5.51. The van der Waals surface area contributed by atoms with Crippen molar-refractivity contribution >= 4 is 11.4 Å². The van der Waals surface area contributed by atoms with Crippen LogP contribution < -0.4 is 11.1 Å². The maximum atomic E-state index is 12.4. The summed E-state index contributed by atoms with van der Waals surface area (Å²) >= 11 is 0. The van der Waals surface area contributed by atoms with E-state index in [4.69, 9.17) is 5.73 Å². The predicted molar refractivity (Wildman–Crippen MR) is 50.0 cm³/mol. The molecular formula is C9H12F2N2. The van der Waals surface area contributed by atoms with Crippen LogP contribution in [0.15, 0.2) is 24.3 Å². The van der Waals surface area contributed by atoms with E-state index in [0.717, 1.165) is 6.92 Å². The summed E-state index contributed by atoms with van der Waals surface area (Å²) in [5, 5.41) is 2.61. The zero-order valence-electron chi connectivity index (χ0n) is 7.35. The average Bonchev–Trinajstić information content (AvgIpc) is 2.02. The van der Waals surface area contributed by atoms with Crippen LogP contribution in [0.1, 0.15) is 6.92 Å². The molecule has 0 saturated carbocycles. The lowest BCUT2D eigenvalue weighted by atomic mass is 10.3. The molecule has 1 rings (SSSR count). The summed E-state index contributed by atoms with van der Waals surface area (Å²) in [5.41, 5.74) is 6.70. The smallest absolute Gasteiger partial charge is 0.262 e. The molecule has 0 aromatic heterocycles. The highest BCUT2D eigenvalue weighted by Gasteiger charge is 2.19. The molecule has 4 heteroatoms. The van der Waals surface area contributed by atoms with E-state index in [1.54, 1.807) is 24.3 Å². The van der Waals surface area contributed by atoms with Gasteiger partial charge in [0.25, 0.3) is 5.92 Å². The van der Waals surface area contributed by atoms with Crippen molar-refractivity contribution in [1.82, 2.24) is 0 Å². The van der Waals surface area contributed by atoms with Gasteiger partial charge in [0.05, 0.1) is 6.54 Å². The number of anilines is 2. The second-order valence-corrected chi connectivity index (χ2v) is 3.05. The van der Waals surface area contributed by atoms with E-state index >= 15 is 0 Å². The Morgan fingerprint density at radius 2 is 1.85 bits per heavy atom. The SMILES string of the molecule is CC(F)(F)CNc1ccc(N)cc1. The van der Waals surface area contributed by atoms with Crippen LogP contribution in [0.5, 0.6) is 0 Å². The zero-order valence-corrected chi connectivity index (χ0v) is 7.35. The normalized spacial score (nSPS) is 11.3. The fourth-order valence-corrected chi connectivity index (χ4v) is 0.858. The third kappa shape index (κ3) is 3.73. The first-order valence-corrected chi connectivity index (χ1v) is 3.95. The van der Waals surface area contributed by atoms with E-state index < -0.39 is 5.92 Å². The number of nitrogens with one attached hydrogen (secondary N) is 1.